The number of anilines is 2. The topological polar surface area (TPSA) is 67.2 Å². The maximum Gasteiger partial charge on any atom is 0.239 e. The summed E-state index contributed by atoms with van der Waals surface area (Å²) in [5.41, 5.74) is 7.18. The highest BCUT2D eigenvalue weighted by atomic mass is 79.9. The van der Waals surface area contributed by atoms with Gasteiger partial charge in [0.05, 0.1) is 17.9 Å². The van der Waals surface area contributed by atoms with Crippen molar-refractivity contribution < 1.29 is 4.79 Å². The molecule has 1 aromatic carbocycles. The maximum atomic E-state index is 11.3. The highest BCUT2D eigenvalue weighted by molar-refractivity contribution is 9.10. The SMILES string of the molecule is CCCNC(=O)CNc1ccc(Br)cc1N. The van der Waals surface area contributed by atoms with E-state index in [2.05, 4.69) is 26.6 Å². The van der Waals surface area contributed by atoms with Gasteiger partial charge >= 0.3 is 0 Å². The number of benzene rings is 1. The fourth-order valence-electron chi connectivity index (χ4n) is 1.20. The van der Waals surface area contributed by atoms with Gasteiger partial charge in [0.25, 0.3) is 0 Å². The van der Waals surface area contributed by atoms with E-state index < -0.39 is 0 Å². The first-order valence-corrected chi connectivity index (χ1v) is 5.98. The van der Waals surface area contributed by atoms with Gasteiger partial charge < -0.3 is 16.4 Å². The van der Waals surface area contributed by atoms with Crippen LogP contribution in [-0.2, 0) is 4.79 Å². The summed E-state index contributed by atoms with van der Waals surface area (Å²) in [5.74, 6) is -0.0239. The number of carbonyl (C=O) groups is 1. The fraction of sp³-hybridized carbons (Fsp3) is 0.364. The molecule has 88 valence electrons. The van der Waals surface area contributed by atoms with Crippen molar-refractivity contribution in [3.63, 3.8) is 0 Å². The van der Waals surface area contributed by atoms with Crippen LogP contribution in [0.5, 0.6) is 0 Å². The van der Waals surface area contributed by atoms with Crippen molar-refractivity contribution in [2.45, 2.75) is 13.3 Å². The number of nitrogen functional groups attached to an aromatic ring is 1. The Balaban J connectivity index is 2.45. The first kappa shape index (κ1) is 12.8. The molecule has 0 atom stereocenters. The normalized spacial score (nSPS) is 9.88. The average molecular weight is 286 g/mol. The number of halogens is 1. The molecule has 4 N–H and O–H groups in total. The molecule has 0 spiro atoms. The number of nitrogens with one attached hydrogen (secondary N) is 2. The number of hydrogen-bond acceptors (Lipinski definition) is 3. The van der Waals surface area contributed by atoms with Gasteiger partial charge in [0.15, 0.2) is 0 Å². The van der Waals surface area contributed by atoms with Gasteiger partial charge in [-0.25, -0.2) is 0 Å². The summed E-state index contributed by atoms with van der Waals surface area (Å²) in [6.07, 6.45) is 0.937. The molecular formula is C11H16BrN3O. The summed E-state index contributed by atoms with van der Waals surface area (Å²) >= 11 is 3.32. The van der Waals surface area contributed by atoms with Gasteiger partial charge in [-0.2, -0.15) is 0 Å². The number of hydrogen-bond donors (Lipinski definition) is 3. The number of rotatable bonds is 5. The lowest BCUT2D eigenvalue weighted by Gasteiger charge is -2.09. The van der Waals surface area contributed by atoms with Gasteiger partial charge in [0, 0.05) is 11.0 Å². The van der Waals surface area contributed by atoms with E-state index >= 15 is 0 Å². The second-order valence-corrected chi connectivity index (χ2v) is 4.35. The number of carbonyl (C=O) groups excluding carboxylic acids is 1. The second-order valence-electron chi connectivity index (χ2n) is 3.44. The van der Waals surface area contributed by atoms with Crippen LogP contribution in [0.1, 0.15) is 13.3 Å². The molecule has 1 aromatic rings. The Kier molecular flexibility index (Phi) is 5.11. The Bertz CT molecular complexity index is 368. The van der Waals surface area contributed by atoms with Crippen LogP contribution in [0.4, 0.5) is 11.4 Å². The molecule has 1 amide bonds. The van der Waals surface area contributed by atoms with Crippen molar-refractivity contribution in [3.05, 3.63) is 22.7 Å². The van der Waals surface area contributed by atoms with Gasteiger partial charge in [-0.15, -0.1) is 0 Å². The molecule has 1 rings (SSSR count). The van der Waals surface area contributed by atoms with Gasteiger partial charge in [-0.3, -0.25) is 4.79 Å². The molecule has 0 unspecified atom stereocenters. The Morgan fingerprint density at radius 3 is 2.88 bits per heavy atom. The van der Waals surface area contributed by atoms with E-state index in [0.717, 1.165) is 16.6 Å². The third-order valence-electron chi connectivity index (χ3n) is 2.03. The molecule has 0 aromatic heterocycles. The molecular weight excluding hydrogens is 270 g/mol. The molecule has 0 saturated heterocycles. The summed E-state index contributed by atoms with van der Waals surface area (Å²) in [7, 11) is 0. The van der Waals surface area contributed by atoms with E-state index in [1.807, 2.05) is 19.1 Å². The lowest BCUT2D eigenvalue weighted by Crippen LogP contribution is -2.30. The van der Waals surface area contributed by atoms with Crippen LogP contribution < -0.4 is 16.4 Å². The zero-order chi connectivity index (χ0) is 12.0. The minimum atomic E-state index is -0.0239. The fourth-order valence-corrected chi connectivity index (χ4v) is 1.58. The van der Waals surface area contributed by atoms with Gasteiger partial charge in [-0.1, -0.05) is 22.9 Å². The highest BCUT2D eigenvalue weighted by Crippen LogP contribution is 2.22. The van der Waals surface area contributed by atoms with Crippen LogP contribution in [0.3, 0.4) is 0 Å². The molecule has 16 heavy (non-hydrogen) atoms. The molecule has 0 saturated carbocycles. The molecule has 0 bridgehead atoms. The lowest BCUT2D eigenvalue weighted by atomic mass is 10.2. The third kappa shape index (κ3) is 4.10. The molecule has 5 heteroatoms. The first-order chi connectivity index (χ1) is 7.63. The monoisotopic (exact) mass is 285 g/mol. The summed E-state index contributed by atoms with van der Waals surface area (Å²) in [4.78, 5) is 11.3. The summed E-state index contributed by atoms with van der Waals surface area (Å²) < 4.78 is 0.922. The van der Waals surface area contributed by atoms with E-state index in [9.17, 15) is 4.79 Å². The Morgan fingerprint density at radius 2 is 2.25 bits per heavy atom. The minimum Gasteiger partial charge on any atom is -0.397 e. The highest BCUT2D eigenvalue weighted by Gasteiger charge is 2.02. The predicted molar refractivity (Wildman–Crippen MR) is 70.3 cm³/mol. The number of amides is 1. The summed E-state index contributed by atoms with van der Waals surface area (Å²) in [6, 6.07) is 5.52. The van der Waals surface area contributed by atoms with Gasteiger partial charge in [0.1, 0.15) is 0 Å². The van der Waals surface area contributed by atoms with Crippen LogP contribution >= 0.6 is 15.9 Å². The molecule has 0 fully saturated rings. The molecule has 0 heterocycles. The van der Waals surface area contributed by atoms with Crippen LogP contribution in [0.15, 0.2) is 22.7 Å². The average Bonchev–Trinajstić information content (AvgIpc) is 2.25. The van der Waals surface area contributed by atoms with Crippen molar-refractivity contribution in [3.8, 4) is 0 Å². The standard InChI is InChI=1S/C11H16BrN3O/c1-2-5-14-11(16)7-15-10-4-3-8(12)6-9(10)13/h3-4,6,15H,2,5,7,13H2,1H3,(H,14,16). The summed E-state index contributed by atoms with van der Waals surface area (Å²) in [6.45, 7) is 2.96. The van der Waals surface area contributed by atoms with Crippen LogP contribution in [0.2, 0.25) is 0 Å². The van der Waals surface area contributed by atoms with E-state index in [4.69, 9.17) is 5.73 Å². The second kappa shape index (κ2) is 6.37. The van der Waals surface area contributed by atoms with Crippen LogP contribution in [-0.4, -0.2) is 19.0 Å². The first-order valence-electron chi connectivity index (χ1n) is 5.19. The van der Waals surface area contributed by atoms with Crippen molar-refractivity contribution in [1.29, 1.82) is 0 Å². The van der Waals surface area contributed by atoms with E-state index in [1.54, 1.807) is 6.07 Å². The Morgan fingerprint density at radius 1 is 1.50 bits per heavy atom. The van der Waals surface area contributed by atoms with Crippen LogP contribution in [0.25, 0.3) is 0 Å². The maximum absolute atomic E-state index is 11.3. The number of nitrogens with two attached hydrogens (primary N) is 1. The minimum absolute atomic E-state index is 0.0239. The van der Waals surface area contributed by atoms with E-state index in [-0.39, 0.29) is 12.5 Å². The van der Waals surface area contributed by atoms with Gasteiger partial charge in [0.2, 0.25) is 5.91 Å². The van der Waals surface area contributed by atoms with Crippen molar-refractivity contribution in [2.75, 3.05) is 24.1 Å². The molecule has 0 aliphatic rings. The zero-order valence-electron chi connectivity index (χ0n) is 9.22. The lowest BCUT2D eigenvalue weighted by molar-refractivity contribution is -0.119. The Hall–Kier alpha value is -1.23. The largest absolute Gasteiger partial charge is 0.397 e. The predicted octanol–water partition coefficient (Wildman–Crippen LogP) is 1.97. The Labute approximate surface area is 104 Å². The third-order valence-corrected chi connectivity index (χ3v) is 2.52. The quantitative estimate of drug-likeness (QED) is 0.725. The van der Waals surface area contributed by atoms with Gasteiger partial charge in [-0.05, 0) is 24.6 Å². The molecule has 0 aliphatic heterocycles. The molecule has 0 aliphatic carbocycles. The summed E-state index contributed by atoms with van der Waals surface area (Å²) in [5, 5.41) is 5.77. The van der Waals surface area contributed by atoms with E-state index in [1.165, 1.54) is 0 Å². The van der Waals surface area contributed by atoms with Crippen molar-refractivity contribution >= 4 is 33.2 Å². The van der Waals surface area contributed by atoms with Crippen molar-refractivity contribution in [2.24, 2.45) is 0 Å². The molecule has 4 nitrogen and oxygen atoms in total. The smallest absolute Gasteiger partial charge is 0.239 e. The van der Waals surface area contributed by atoms with E-state index in [0.29, 0.717) is 12.2 Å². The van der Waals surface area contributed by atoms with Crippen LogP contribution in [0, 0.1) is 0 Å². The zero-order valence-corrected chi connectivity index (χ0v) is 10.8. The molecule has 0 radical (unpaired) electrons. The van der Waals surface area contributed by atoms with Crippen molar-refractivity contribution in [1.82, 2.24) is 5.32 Å².